The summed E-state index contributed by atoms with van der Waals surface area (Å²) in [6, 6.07) is 23.2. The third-order valence-corrected chi connectivity index (χ3v) is 7.04. The Morgan fingerprint density at radius 1 is 0.903 bits per heavy atom. The fraction of sp³-hybridized carbons (Fsp3) is 0.308. The van der Waals surface area contributed by atoms with Crippen LogP contribution in [0.25, 0.3) is 0 Å². The second kappa shape index (κ2) is 7.22. The number of nitriles is 2. The molecule has 1 saturated heterocycles. The van der Waals surface area contributed by atoms with Gasteiger partial charge in [-0.15, -0.1) is 0 Å². The molecule has 31 heavy (non-hydrogen) atoms. The van der Waals surface area contributed by atoms with E-state index in [2.05, 4.69) is 12.1 Å². The number of fused-ring (bicyclic) bond motifs is 1. The number of nitrogens with zero attached hydrogens (tertiary/aromatic N) is 3. The molecule has 1 aliphatic heterocycles. The number of rotatable bonds is 2. The number of benzene rings is 2. The Balaban J connectivity index is 1.71. The molecule has 152 valence electrons. The number of carbonyl (C=O) groups is 2. The van der Waals surface area contributed by atoms with Gasteiger partial charge in [-0.1, -0.05) is 54.1 Å². The zero-order valence-corrected chi connectivity index (χ0v) is 17.0. The van der Waals surface area contributed by atoms with Crippen LogP contribution in [0, 0.1) is 39.9 Å². The van der Waals surface area contributed by atoms with Gasteiger partial charge in [0.25, 0.3) is 0 Å². The Morgan fingerprint density at radius 3 is 2.19 bits per heavy atom. The quantitative estimate of drug-likeness (QED) is 0.542. The second-order valence-electron chi connectivity index (χ2n) is 8.57. The SMILES string of the molecule is N#CC1(C#N)CCCC2=C1[C@@H](c1ccccc1)[C@@H]1C(=O)N(c3ccccc3)C(=O)[C@@H]1C2. The van der Waals surface area contributed by atoms with E-state index in [9.17, 15) is 20.1 Å². The molecule has 2 aromatic carbocycles. The van der Waals surface area contributed by atoms with Crippen LogP contribution in [0.15, 0.2) is 71.8 Å². The standard InChI is InChI=1S/C26H21N3O2/c27-15-26(16-28)13-7-10-18-14-20-22(21(23(18)26)17-8-3-1-4-9-17)25(31)29(24(20)30)19-11-5-2-6-12-19/h1-6,8-9,11-12,20-22H,7,10,13-14H2/t20-,21+,22-/m1/s1. The zero-order chi connectivity index (χ0) is 21.6. The second-order valence-corrected chi connectivity index (χ2v) is 8.57. The third kappa shape index (κ3) is 2.74. The van der Waals surface area contributed by atoms with E-state index in [0.29, 0.717) is 18.5 Å². The summed E-state index contributed by atoms with van der Waals surface area (Å²) < 4.78 is 0. The van der Waals surface area contributed by atoms with E-state index in [4.69, 9.17) is 0 Å². The van der Waals surface area contributed by atoms with Gasteiger partial charge in [0.15, 0.2) is 5.41 Å². The highest BCUT2D eigenvalue weighted by Gasteiger charge is 2.59. The van der Waals surface area contributed by atoms with Crippen molar-refractivity contribution >= 4 is 17.5 Å². The lowest BCUT2D eigenvalue weighted by Crippen LogP contribution is -2.39. The van der Waals surface area contributed by atoms with Crippen LogP contribution in [0.1, 0.15) is 37.2 Å². The molecule has 5 rings (SSSR count). The first-order valence-electron chi connectivity index (χ1n) is 10.6. The van der Waals surface area contributed by atoms with Crippen molar-refractivity contribution in [3.63, 3.8) is 0 Å². The number of imide groups is 1. The highest BCUT2D eigenvalue weighted by atomic mass is 16.2. The van der Waals surface area contributed by atoms with E-state index in [0.717, 1.165) is 29.6 Å². The highest BCUT2D eigenvalue weighted by Crippen LogP contribution is 2.58. The van der Waals surface area contributed by atoms with Crippen molar-refractivity contribution in [3.05, 3.63) is 77.4 Å². The number of hydrogen-bond acceptors (Lipinski definition) is 4. The van der Waals surface area contributed by atoms with Gasteiger partial charge >= 0.3 is 0 Å². The summed E-state index contributed by atoms with van der Waals surface area (Å²) in [5, 5.41) is 20.1. The number of allylic oxidation sites excluding steroid dienone is 2. The first-order valence-corrected chi connectivity index (χ1v) is 10.6. The van der Waals surface area contributed by atoms with Gasteiger partial charge in [-0.2, -0.15) is 10.5 Å². The van der Waals surface area contributed by atoms with Crippen LogP contribution in [-0.4, -0.2) is 11.8 Å². The minimum atomic E-state index is -1.25. The van der Waals surface area contributed by atoms with Gasteiger partial charge in [-0.3, -0.25) is 14.5 Å². The Kier molecular flexibility index (Phi) is 4.49. The van der Waals surface area contributed by atoms with E-state index in [-0.39, 0.29) is 11.8 Å². The van der Waals surface area contributed by atoms with Crippen molar-refractivity contribution in [3.8, 4) is 12.1 Å². The first kappa shape index (κ1) is 19.3. The number of anilines is 1. The summed E-state index contributed by atoms with van der Waals surface area (Å²) >= 11 is 0. The van der Waals surface area contributed by atoms with Gasteiger partial charge in [-0.05, 0) is 49.0 Å². The van der Waals surface area contributed by atoms with Gasteiger partial charge < -0.3 is 0 Å². The number of para-hydroxylation sites is 1. The number of amides is 2. The lowest BCUT2D eigenvalue weighted by atomic mass is 9.57. The molecule has 0 bridgehead atoms. The molecule has 0 saturated carbocycles. The minimum Gasteiger partial charge on any atom is -0.274 e. The lowest BCUT2D eigenvalue weighted by Gasteiger charge is -2.42. The van der Waals surface area contributed by atoms with Crippen LogP contribution in [-0.2, 0) is 9.59 Å². The third-order valence-electron chi connectivity index (χ3n) is 7.04. The lowest BCUT2D eigenvalue weighted by molar-refractivity contribution is -0.122. The average molecular weight is 407 g/mol. The van der Waals surface area contributed by atoms with Gasteiger partial charge in [0.1, 0.15) is 0 Å². The summed E-state index contributed by atoms with van der Waals surface area (Å²) in [5.74, 6) is -1.94. The maximum Gasteiger partial charge on any atom is 0.238 e. The molecule has 2 amide bonds. The molecule has 2 aromatic rings. The molecular formula is C26H21N3O2. The summed E-state index contributed by atoms with van der Waals surface area (Å²) in [5.41, 5.74) is 2.00. The molecule has 0 spiro atoms. The van der Waals surface area contributed by atoms with Crippen LogP contribution in [0.3, 0.4) is 0 Å². The summed E-state index contributed by atoms with van der Waals surface area (Å²) in [6.07, 6.45) is 2.41. The summed E-state index contributed by atoms with van der Waals surface area (Å²) in [4.78, 5) is 28.5. The van der Waals surface area contributed by atoms with Crippen LogP contribution in [0.5, 0.6) is 0 Å². The monoisotopic (exact) mass is 407 g/mol. The minimum absolute atomic E-state index is 0.182. The Morgan fingerprint density at radius 2 is 1.55 bits per heavy atom. The Hall–Kier alpha value is -3.70. The molecule has 5 nitrogen and oxygen atoms in total. The van der Waals surface area contributed by atoms with Crippen molar-refractivity contribution in [2.75, 3.05) is 4.90 Å². The topological polar surface area (TPSA) is 85.0 Å². The Labute approximate surface area is 181 Å². The largest absolute Gasteiger partial charge is 0.274 e. The van der Waals surface area contributed by atoms with Gasteiger partial charge in [0.05, 0.1) is 29.7 Å². The molecule has 0 radical (unpaired) electrons. The molecule has 3 aliphatic rings. The van der Waals surface area contributed by atoms with Crippen molar-refractivity contribution in [2.45, 2.75) is 31.6 Å². The molecule has 0 unspecified atom stereocenters. The predicted octanol–water partition coefficient (Wildman–Crippen LogP) is 4.49. The Bertz CT molecular complexity index is 1160. The van der Waals surface area contributed by atoms with E-state index in [1.165, 1.54) is 4.90 Å². The maximum atomic E-state index is 13.7. The molecule has 3 atom stereocenters. The fourth-order valence-corrected chi connectivity index (χ4v) is 5.74. The molecule has 1 heterocycles. The highest BCUT2D eigenvalue weighted by molar-refractivity contribution is 6.22. The molecule has 1 fully saturated rings. The van der Waals surface area contributed by atoms with Gasteiger partial charge in [0.2, 0.25) is 11.8 Å². The zero-order valence-electron chi connectivity index (χ0n) is 17.0. The van der Waals surface area contributed by atoms with Crippen LogP contribution in [0.4, 0.5) is 5.69 Å². The molecule has 0 aromatic heterocycles. The van der Waals surface area contributed by atoms with Crippen LogP contribution in [0.2, 0.25) is 0 Å². The van der Waals surface area contributed by atoms with Crippen molar-refractivity contribution in [2.24, 2.45) is 17.3 Å². The van der Waals surface area contributed by atoms with Crippen molar-refractivity contribution in [1.29, 1.82) is 10.5 Å². The predicted molar refractivity (Wildman–Crippen MR) is 114 cm³/mol. The molecule has 2 aliphatic carbocycles. The maximum absolute atomic E-state index is 13.7. The van der Waals surface area contributed by atoms with E-state index >= 15 is 0 Å². The summed E-state index contributed by atoms with van der Waals surface area (Å²) in [6.45, 7) is 0. The van der Waals surface area contributed by atoms with Crippen LogP contribution >= 0.6 is 0 Å². The fourth-order valence-electron chi connectivity index (χ4n) is 5.74. The van der Waals surface area contributed by atoms with Crippen molar-refractivity contribution < 1.29 is 9.59 Å². The van der Waals surface area contributed by atoms with Crippen LogP contribution < -0.4 is 4.90 Å². The molecule has 5 heteroatoms. The number of carbonyl (C=O) groups excluding carboxylic acids is 2. The number of hydrogen-bond donors (Lipinski definition) is 0. The summed E-state index contributed by atoms with van der Waals surface area (Å²) in [7, 11) is 0. The van der Waals surface area contributed by atoms with Gasteiger partial charge in [0, 0.05) is 5.92 Å². The van der Waals surface area contributed by atoms with E-state index in [1.807, 2.05) is 48.5 Å². The first-order chi connectivity index (χ1) is 15.1. The van der Waals surface area contributed by atoms with E-state index < -0.39 is 23.2 Å². The molecule has 0 N–H and O–H groups in total. The smallest absolute Gasteiger partial charge is 0.238 e. The average Bonchev–Trinajstić information content (AvgIpc) is 3.08. The van der Waals surface area contributed by atoms with Crippen molar-refractivity contribution in [1.82, 2.24) is 0 Å². The molecular weight excluding hydrogens is 386 g/mol. The normalized spacial score (nSPS) is 26.6. The van der Waals surface area contributed by atoms with E-state index in [1.54, 1.807) is 12.1 Å². The van der Waals surface area contributed by atoms with Gasteiger partial charge in [-0.25, -0.2) is 0 Å².